The Bertz CT molecular complexity index is 1000. The number of thiazole rings is 1. The Labute approximate surface area is 159 Å². The van der Waals surface area contributed by atoms with E-state index in [0.29, 0.717) is 11.5 Å². The Morgan fingerprint density at radius 1 is 1.22 bits per heavy atom. The maximum Gasteiger partial charge on any atom is 0.371 e. The number of hydrogen-bond acceptors (Lipinski definition) is 6. The summed E-state index contributed by atoms with van der Waals surface area (Å²) in [5, 5.41) is 15.8. The van der Waals surface area contributed by atoms with E-state index in [0.717, 1.165) is 21.8 Å². The molecular weight excluding hydrogens is 366 g/mol. The van der Waals surface area contributed by atoms with Gasteiger partial charge in [-0.2, -0.15) is 5.10 Å². The minimum absolute atomic E-state index is 0.107. The molecule has 0 atom stereocenters. The van der Waals surface area contributed by atoms with E-state index in [9.17, 15) is 9.59 Å². The predicted octanol–water partition coefficient (Wildman–Crippen LogP) is 3.49. The number of carbonyl (C=O) groups excluding carboxylic acids is 1. The van der Waals surface area contributed by atoms with Crippen molar-refractivity contribution >= 4 is 28.9 Å². The van der Waals surface area contributed by atoms with Gasteiger partial charge in [-0.15, -0.1) is 11.3 Å². The largest absolute Gasteiger partial charge is 0.475 e. The SMILES string of the molecule is C/C(=N/NC(=O)Cc1csc(C)n1)c1ccc(-c2ccc(C(=O)O)o2)cc1. The molecule has 3 rings (SSSR count). The quantitative estimate of drug-likeness (QED) is 0.501. The molecule has 0 saturated carbocycles. The minimum Gasteiger partial charge on any atom is -0.475 e. The summed E-state index contributed by atoms with van der Waals surface area (Å²) >= 11 is 1.50. The lowest BCUT2D eigenvalue weighted by molar-refractivity contribution is -0.120. The fourth-order valence-electron chi connectivity index (χ4n) is 2.39. The highest BCUT2D eigenvalue weighted by Crippen LogP contribution is 2.22. The number of carboxylic acids is 1. The van der Waals surface area contributed by atoms with Crippen LogP contribution >= 0.6 is 11.3 Å². The molecule has 0 aliphatic carbocycles. The maximum atomic E-state index is 11.9. The number of aryl methyl sites for hydroxylation is 1. The normalized spacial score (nSPS) is 11.4. The number of aromatic nitrogens is 1. The van der Waals surface area contributed by atoms with Crippen molar-refractivity contribution in [3.05, 3.63) is 63.8 Å². The lowest BCUT2D eigenvalue weighted by Gasteiger charge is -2.04. The molecule has 138 valence electrons. The average Bonchev–Trinajstić information content (AvgIpc) is 3.29. The summed E-state index contributed by atoms with van der Waals surface area (Å²) in [6.07, 6.45) is 0.185. The molecule has 0 aliphatic rings. The van der Waals surface area contributed by atoms with E-state index in [4.69, 9.17) is 9.52 Å². The molecule has 1 amide bonds. The molecule has 0 radical (unpaired) electrons. The third-order valence-corrected chi connectivity index (χ3v) is 4.58. The molecule has 8 heteroatoms. The number of aromatic carboxylic acids is 1. The summed E-state index contributed by atoms with van der Waals surface area (Å²) in [7, 11) is 0. The van der Waals surface area contributed by atoms with Gasteiger partial charge in [-0.1, -0.05) is 24.3 Å². The molecule has 0 bridgehead atoms. The van der Waals surface area contributed by atoms with Gasteiger partial charge in [-0.05, 0) is 31.5 Å². The van der Waals surface area contributed by atoms with Crippen molar-refractivity contribution in [3.63, 3.8) is 0 Å². The second-order valence-electron chi connectivity index (χ2n) is 5.81. The van der Waals surface area contributed by atoms with Crippen LogP contribution in [0.4, 0.5) is 0 Å². The first kappa shape index (κ1) is 18.5. The van der Waals surface area contributed by atoms with Crippen LogP contribution < -0.4 is 5.43 Å². The zero-order valence-electron chi connectivity index (χ0n) is 14.7. The number of carbonyl (C=O) groups is 2. The summed E-state index contributed by atoms with van der Waals surface area (Å²) in [5.74, 6) is -0.970. The van der Waals surface area contributed by atoms with Gasteiger partial charge >= 0.3 is 5.97 Å². The van der Waals surface area contributed by atoms with E-state index >= 15 is 0 Å². The predicted molar refractivity (Wildman–Crippen MR) is 102 cm³/mol. The third kappa shape index (κ3) is 4.68. The topological polar surface area (TPSA) is 105 Å². The maximum absolute atomic E-state index is 11.9. The smallest absolute Gasteiger partial charge is 0.371 e. The molecule has 1 aromatic carbocycles. The number of hydrogen-bond donors (Lipinski definition) is 2. The first-order chi connectivity index (χ1) is 12.9. The molecule has 2 N–H and O–H groups in total. The number of amides is 1. The zero-order valence-corrected chi connectivity index (χ0v) is 15.5. The van der Waals surface area contributed by atoms with Crippen molar-refractivity contribution in [3.8, 4) is 11.3 Å². The summed E-state index contributed by atoms with van der Waals surface area (Å²) in [6, 6.07) is 10.3. The number of nitrogens with zero attached hydrogens (tertiary/aromatic N) is 2. The first-order valence-electron chi connectivity index (χ1n) is 8.10. The van der Waals surface area contributed by atoms with Gasteiger partial charge in [0.15, 0.2) is 0 Å². The minimum atomic E-state index is -1.11. The average molecular weight is 383 g/mol. The molecule has 0 fully saturated rings. The van der Waals surface area contributed by atoms with E-state index < -0.39 is 5.97 Å². The Morgan fingerprint density at radius 3 is 2.56 bits per heavy atom. The van der Waals surface area contributed by atoms with E-state index in [1.807, 2.05) is 24.4 Å². The number of benzene rings is 1. The molecular formula is C19H17N3O4S. The Kier molecular flexibility index (Phi) is 5.46. The fraction of sp³-hybridized carbons (Fsp3) is 0.158. The van der Waals surface area contributed by atoms with Crippen LogP contribution in [-0.4, -0.2) is 27.7 Å². The van der Waals surface area contributed by atoms with Gasteiger partial charge in [0, 0.05) is 10.9 Å². The number of rotatable bonds is 6. The molecule has 2 heterocycles. The fourth-order valence-corrected chi connectivity index (χ4v) is 3.00. The van der Waals surface area contributed by atoms with Crippen LogP contribution in [0.25, 0.3) is 11.3 Å². The highest BCUT2D eigenvalue weighted by atomic mass is 32.1. The molecule has 0 aliphatic heterocycles. The van der Waals surface area contributed by atoms with Crippen LogP contribution in [0.2, 0.25) is 0 Å². The van der Waals surface area contributed by atoms with Crippen LogP contribution in [0.1, 0.15) is 33.7 Å². The molecule has 3 aromatic rings. The highest BCUT2D eigenvalue weighted by molar-refractivity contribution is 7.09. The number of carboxylic acid groups (broad SMARTS) is 1. The first-order valence-corrected chi connectivity index (χ1v) is 8.98. The van der Waals surface area contributed by atoms with E-state index in [1.165, 1.54) is 17.4 Å². The van der Waals surface area contributed by atoms with Crippen molar-refractivity contribution in [1.29, 1.82) is 0 Å². The molecule has 2 aromatic heterocycles. The van der Waals surface area contributed by atoms with Crippen molar-refractivity contribution < 1.29 is 19.1 Å². The zero-order chi connectivity index (χ0) is 19.4. The Hall–Kier alpha value is -3.26. The van der Waals surface area contributed by atoms with Crippen LogP contribution in [-0.2, 0) is 11.2 Å². The van der Waals surface area contributed by atoms with E-state index in [-0.39, 0.29) is 18.1 Å². The lowest BCUT2D eigenvalue weighted by Crippen LogP contribution is -2.21. The van der Waals surface area contributed by atoms with Gasteiger partial charge < -0.3 is 9.52 Å². The van der Waals surface area contributed by atoms with Crippen LogP contribution in [0, 0.1) is 6.92 Å². The number of furan rings is 1. The highest BCUT2D eigenvalue weighted by Gasteiger charge is 2.11. The van der Waals surface area contributed by atoms with Gasteiger partial charge in [0.25, 0.3) is 0 Å². The molecule has 0 saturated heterocycles. The summed E-state index contributed by atoms with van der Waals surface area (Å²) in [5.41, 5.74) is 5.49. The summed E-state index contributed by atoms with van der Waals surface area (Å²) in [6.45, 7) is 3.68. The van der Waals surface area contributed by atoms with Crippen molar-refractivity contribution in [1.82, 2.24) is 10.4 Å². The molecule has 27 heavy (non-hydrogen) atoms. The summed E-state index contributed by atoms with van der Waals surface area (Å²) < 4.78 is 5.28. The Balaban J connectivity index is 1.63. The third-order valence-electron chi connectivity index (χ3n) is 3.76. The van der Waals surface area contributed by atoms with Gasteiger partial charge in [-0.25, -0.2) is 15.2 Å². The van der Waals surface area contributed by atoms with E-state index in [1.54, 1.807) is 25.1 Å². The van der Waals surface area contributed by atoms with Crippen molar-refractivity contribution in [2.45, 2.75) is 20.3 Å². The lowest BCUT2D eigenvalue weighted by atomic mass is 10.1. The number of hydrazone groups is 1. The van der Waals surface area contributed by atoms with Gasteiger partial charge in [0.2, 0.25) is 11.7 Å². The van der Waals surface area contributed by atoms with Crippen LogP contribution in [0.5, 0.6) is 0 Å². The van der Waals surface area contributed by atoms with Gasteiger partial charge in [0.1, 0.15) is 5.76 Å². The molecule has 0 unspecified atom stereocenters. The standard InChI is InChI=1S/C19H17N3O4S/c1-11(21-22-18(23)9-15-10-27-12(2)20-15)13-3-5-14(6-4-13)16-7-8-17(26-16)19(24)25/h3-8,10H,9H2,1-2H3,(H,22,23)(H,24,25)/b21-11-. The monoisotopic (exact) mass is 383 g/mol. The van der Waals surface area contributed by atoms with Gasteiger partial charge in [-0.3, -0.25) is 4.79 Å². The molecule has 7 nitrogen and oxygen atoms in total. The van der Waals surface area contributed by atoms with Crippen molar-refractivity contribution in [2.75, 3.05) is 0 Å². The number of nitrogens with one attached hydrogen (secondary N) is 1. The van der Waals surface area contributed by atoms with Crippen LogP contribution in [0.3, 0.4) is 0 Å². The Morgan fingerprint density at radius 2 is 1.96 bits per heavy atom. The second-order valence-corrected chi connectivity index (χ2v) is 6.88. The van der Waals surface area contributed by atoms with Gasteiger partial charge in [0.05, 0.1) is 22.8 Å². The van der Waals surface area contributed by atoms with Crippen molar-refractivity contribution in [2.24, 2.45) is 5.10 Å². The molecule has 0 spiro atoms. The van der Waals surface area contributed by atoms with Crippen LogP contribution in [0.15, 0.2) is 51.3 Å². The second kappa shape index (κ2) is 7.96. The summed E-state index contributed by atoms with van der Waals surface area (Å²) in [4.78, 5) is 27.1. The van der Waals surface area contributed by atoms with E-state index in [2.05, 4.69) is 15.5 Å².